The third-order valence-electron chi connectivity index (χ3n) is 5.61. The number of Topliss-reactive ketones (excluding diaryl/α,β-unsaturated/α-hetero) is 2. The molecule has 0 saturated heterocycles. The summed E-state index contributed by atoms with van der Waals surface area (Å²) in [5.74, 6) is 1.88. The summed E-state index contributed by atoms with van der Waals surface area (Å²) in [5.41, 5.74) is 1.95. The minimum Gasteiger partial charge on any atom is -0.490 e. The van der Waals surface area contributed by atoms with E-state index in [2.05, 4.69) is 15.9 Å². The van der Waals surface area contributed by atoms with Gasteiger partial charge in [0.15, 0.2) is 29.7 Å². The van der Waals surface area contributed by atoms with Gasteiger partial charge in [0.1, 0.15) is 17.6 Å². The average molecular weight is 472 g/mol. The van der Waals surface area contributed by atoms with E-state index in [9.17, 15) is 9.59 Å². The Hall–Kier alpha value is -2.59. The van der Waals surface area contributed by atoms with Gasteiger partial charge in [-0.15, -0.1) is 0 Å². The van der Waals surface area contributed by atoms with Crippen molar-refractivity contribution in [2.45, 2.75) is 51.4 Å². The SMILES string of the molecule is CCOc1cc(C2C3=C(CCCC3=O)OC3=C2C(=O)CCC3)c(Br)cc1OCC#N. The Kier molecular flexibility index (Phi) is 5.96. The van der Waals surface area contributed by atoms with Gasteiger partial charge in [0.25, 0.3) is 0 Å². The van der Waals surface area contributed by atoms with Crippen molar-refractivity contribution in [1.82, 2.24) is 0 Å². The van der Waals surface area contributed by atoms with Gasteiger partial charge in [-0.3, -0.25) is 9.59 Å². The first-order chi connectivity index (χ1) is 14.5. The van der Waals surface area contributed by atoms with Crippen molar-refractivity contribution >= 4 is 27.5 Å². The van der Waals surface area contributed by atoms with Gasteiger partial charge in [0, 0.05) is 47.2 Å². The second kappa shape index (κ2) is 8.65. The summed E-state index contributed by atoms with van der Waals surface area (Å²) >= 11 is 3.61. The minimum atomic E-state index is -0.483. The highest BCUT2D eigenvalue weighted by Crippen LogP contribution is 2.50. The van der Waals surface area contributed by atoms with Gasteiger partial charge in [-0.25, -0.2) is 0 Å². The molecule has 0 atom stereocenters. The van der Waals surface area contributed by atoms with Crippen LogP contribution in [0.5, 0.6) is 11.5 Å². The van der Waals surface area contributed by atoms with Crippen molar-refractivity contribution < 1.29 is 23.8 Å². The lowest BCUT2D eigenvalue weighted by Gasteiger charge is -2.36. The van der Waals surface area contributed by atoms with E-state index in [1.807, 2.05) is 19.1 Å². The van der Waals surface area contributed by atoms with E-state index in [0.717, 1.165) is 18.4 Å². The third kappa shape index (κ3) is 3.65. The number of nitriles is 1. The molecule has 6 nitrogen and oxygen atoms in total. The Morgan fingerprint density at radius 2 is 1.63 bits per heavy atom. The number of ether oxygens (including phenoxy) is 3. The maximum atomic E-state index is 12.9. The lowest BCUT2D eigenvalue weighted by atomic mass is 9.73. The number of hydrogen-bond donors (Lipinski definition) is 0. The van der Waals surface area contributed by atoms with Gasteiger partial charge in [0.2, 0.25) is 0 Å². The smallest absolute Gasteiger partial charge is 0.174 e. The fourth-order valence-corrected chi connectivity index (χ4v) is 4.94. The first kappa shape index (κ1) is 20.7. The number of ketones is 2. The highest BCUT2D eigenvalue weighted by atomic mass is 79.9. The molecule has 1 aromatic rings. The molecule has 156 valence electrons. The van der Waals surface area contributed by atoms with Crippen LogP contribution in [0, 0.1) is 11.3 Å². The highest BCUT2D eigenvalue weighted by Gasteiger charge is 2.42. The summed E-state index contributed by atoms with van der Waals surface area (Å²) in [7, 11) is 0. The summed E-state index contributed by atoms with van der Waals surface area (Å²) in [5, 5.41) is 8.86. The van der Waals surface area contributed by atoms with Gasteiger partial charge in [-0.1, -0.05) is 15.9 Å². The second-order valence-electron chi connectivity index (χ2n) is 7.46. The highest BCUT2D eigenvalue weighted by molar-refractivity contribution is 9.10. The molecule has 0 radical (unpaired) electrons. The average Bonchev–Trinajstić information content (AvgIpc) is 2.73. The lowest BCUT2D eigenvalue weighted by molar-refractivity contribution is -0.117. The number of hydrogen-bond acceptors (Lipinski definition) is 6. The van der Waals surface area contributed by atoms with Crippen LogP contribution < -0.4 is 9.47 Å². The predicted molar refractivity (Wildman–Crippen MR) is 112 cm³/mol. The quantitative estimate of drug-likeness (QED) is 0.608. The minimum absolute atomic E-state index is 0.0286. The van der Waals surface area contributed by atoms with Gasteiger partial charge in [0.05, 0.1) is 6.61 Å². The number of benzene rings is 1. The van der Waals surface area contributed by atoms with Crippen LogP contribution in [0.25, 0.3) is 0 Å². The number of rotatable bonds is 5. The lowest BCUT2D eigenvalue weighted by Crippen LogP contribution is -2.30. The zero-order valence-corrected chi connectivity index (χ0v) is 18.3. The Morgan fingerprint density at radius 1 is 1.03 bits per heavy atom. The molecular formula is C23H22BrNO5. The van der Waals surface area contributed by atoms with Crippen LogP contribution in [-0.2, 0) is 14.3 Å². The van der Waals surface area contributed by atoms with Gasteiger partial charge in [-0.05, 0) is 37.5 Å². The van der Waals surface area contributed by atoms with Crippen molar-refractivity contribution in [2.24, 2.45) is 0 Å². The monoisotopic (exact) mass is 471 g/mol. The number of halogens is 1. The first-order valence-electron chi connectivity index (χ1n) is 10.2. The van der Waals surface area contributed by atoms with Crippen LogP contribution in [0.3, 0.4) is 0 Å². The van der Waals surface area contributed by atoms with E-state index in [1.54, 1.807) is 6.07 Å². The first-order valence-corrected chi connectivity index (χ1v) is 11.0. The molecule has 0 unspecified atom stereocenters. The standard InChI is InChI=1S/C23H22BrNO5/c1-2-28-19-11-13(14(24)12-20(19)29-10-9-25)21-22-15(26)5-3-7-17(22)30-18-8-4-6-16(27)23(18)21/h11-12,21H,2-8,10H2,1H3. The molecule has 0 bridgehead atoms. The van der Waals surface area contributed by atoms with Gasteiger partial charge < -0.3 is 14.2 Å². The Bertz CT molecular complexity index is 975. The maximum absolute atomic E-state index is 12.9. The molecule has 2 aliphatic carbocycles. The maximum Gasteiger partial charge on any atom is 0.174 e. The van der Waals surface area contributed by atoms with Crippen molar-refractivity contribution in [3.8, 4) is 17.6 Å². The van der Waals surface area contributed by atoms with Gasteiger partial charge >= 0.3 is 0 Å². The molecule has 7 heteroatoms. The number of allylic oxidation sites excluding steroid dienone is 4. The van der Waals surface area contributed by atoms with Crippen molar-refractivity contribution in [3.05, 3.63) is 44.8 Å². The molecule has 3 aliphatic rings. The van der Waals surface area contributed by atoms with E-state index < -0.39 is 5.92 Å². The van der Waals surface area contributed by atoms with E-state index in [1.165, 1.54) is 0 Å². The van der Waals surface area contributed by atoms with Gasteiger partial charge in [-0.2, -0.15) is 5.26 Å². The Balaban J connectivity index is 1.89. The molecule has 1 heterocycles. The normalized spacial score (nSPS) is 19.1. The summed E-state index contributed by atoms with van der Waals surface area (Å²) in [4.78, 5) is 25.9. The summed E-state index contributed by atoms with van der Waals surface area (Å²) in [6.45, 7) is 2.17. The topological polar surface area (TPSA) is 85.6 Å². The van der Waals surface area contributed by atoms with E-state index >= 15 is 0 Å². The summed E-state index contributed by atoms with van der Waals surface area (Å²) in [6.07, 6.45) is 3.81. The number of nitrogens with zero attached hydrogens (tertiary/aromatic N) is 1. The molecule has 0 fully saturated rings. The molecule has 30 heavy (non-hydrogen) atoms. The second-order valence-corrected chi connectivity index (χ2v) is 8.32. The predicted octanol–water partition coefficient (Wildman–Crippen LogP) is 4.88. The molecule has 1 aromatic carbocycles. The van der Waals surface area contributed by atoms with Crippen LogP contribution in [0.15, 0.2) is 39.3 Å². The number of carbonyl (C=O) groups excluding carboxylic acids is 2. The van der Waals surface area contributed by atoms with Crippen LogP contribution in [-0.4, -0.2) is 24.8 Å². The summed E-state index contributed by atoms with van der Waals surface area (Å²) in [6, 6.07) is 5.51. The molecule has 0 amide bonds. The largest absolute Gasteiger partial charge is 0.490 e. The van der Waals surface area contributed by atoms with Crippen LogP contribution in [0.4, 0.5) is 0 Å². The molecule has 1 aliphatic heterocycles. The fraction of sp³-hybridized carbons (Fsp3) is 0.435. The van der Waals surface area contributed by atoms with Crippen LogP contribution in [0.1, 0.15) is 56.9 Å². The zero-order valence-electron chi connectivity index (χ0n) is 16.8. The molecular weight excluding hydrogens is 450 g/mol. The van der Waals surface area contributed by atoms with Crippen molar-refractivity contribution in [2.75, 3.05) is 13.2 Å². The van der Waals surface area contributed by atoms with E-state index in [0.29, 0.717) is 70.9 Å². The molecule has 0 aromatic heterocycles. The molecule has 0 N–H and O–H groups in total. The fourth-order valence-electron chi connectivity index (χ4n) is 4.39. The van der Waals surface area contributed by atoms with E-state index in [-0.39, 0.29) is 18.2 Å². The molecule has 4 rings (SSSR count). The Labute approximate surface area is 183 Å². The van der Waals surface area contributed by atoms with E-state index in [4.69, 9.17) is 19.5 Å². The van der Waals surface area contributed by atoms with Crippen molar-refractivity contribution in [3.63, 3.8) is 0 Å². The molecule has 0 saturated carbocycles. The summed E-state index contributed by atoms with van der Waals surface area (Å²) < 4.78 is 18.1. The van der Waals surface area contributed by atoms with Crippen LogP contribution in [0.2, 0.25) is 0 Å². The van der Waals surface area contributed by atoms with Crippen molar-refractivity contribution in [1.29, 1.82) is 5.26 Å². The molecule has 0 spiro atoms. The Morgan fingerprint density at radius 3 is 2.20 bits per heavy atom. The zero-order chi connectivity index (χ0) is 21.3. The van der Waals surface area contributed by atoms with Crippen LogP contribution >= 0.6 is 15.9 Å². The number of carbonyl (C=O) groups is 2. The third-order valence-corrected chi connectivity index (χ3v) is 6.29.